The van der Waals surface area contributed by atoms with Gasteiger partial charge in [0.1, 0.15) is 0 Å². The third kappa shape index (κ3) is 12.2. The molecule has 0 bridgehead atoms. The van der Waals surface area contributed by atoms with Crippen LogP contribution in [0.1, 0.15) is 71.6 Å². The highest BCUT2D eigenvalue weighted by molar-refractivity contribution is 4.66. The van der Waals surface area contributed by atoms with Crippen LogP contribution in [0.25, 0.3) is 0 Å². The van der Waals surface area contributed by atoms with Crippen LogP contribution in [-0.4, -0.2) is 19.6 Å². The zero-order chi connectivity index (χ0) is 12.9. The number of nitrogens with one attached hydrogen (secondary N) is 1. The van der Waals surface area contributed by atoms with Crippen molar-refractivity contribution in [3.8, 4) is 0 Å². The summed E-state index contributed by atoms with van der Waals surface area (Å²) < 4.78 is 0. The lowest BCUT2D eigenvalue weighted by atomic mass is 9.98. The molecule has 0 spiro atoms. The van der Waals surface area contributed by atoms with Crippen LogP contribution in [0.2, 0.25) is 0 Å². The Morgan fingerprint density at radius 2 is 1.41 bits per heavy atom. The first-order chi connectivity index (χ1) is 8.20. The van der Waals surface area contributed by atoms with E-state index in [1.165, 1.54) is 57.8 Å². The average Bonchev–Trinajstić information content (AvgIpc) is 2.30. The van der Waals surface area contributed by atoms with E-state index in [2.05, 4.69) is 26.2 Å². The van der Waals surface area contributed by atoms with Crippen molar-refractivity contribution in [1.82, 2.24) is 5.32 Å². The van der Waals surface area contributed by atoms with Crippen LogP contribution in [0.5, 0.6) is 0 Å². The van der Waals surface area contributed by atoms with Crippen LogP contribution in [0.15, 0.2) is 0 Å². The molecule has 0 aliphatic carbocycles. The second-order valence-electron chi connectivity index (χ2n) is 5.67. The standard InChI is InChI=1S/C15H34N2/c1-14(2)13-15(17-3)11-9-7-5-4-6-8-10-12-16/h14-15,17H,4-13,16H2,1-3H3. The van der Waals surface area contributed by atoms with Crippen molar-refractivity contribution in [2.75, 3.05) is 13.6 Å². The molecule has 0 aliphatic rings. The van der Waals surface area contributed by atoms with Crippen molar-refractivity contribution in [2.24, 2.45) is 11.7 Å². The molecule has 0 aromatic carbocycles. The zero-order valence-corrected chi connectivity index (χ0v) is 12.3. The first kappa shape index (κ1) is 16.9. The van der Waals surface area contributed by atoms with Crippen molar-refractivity contribution in [3.05, 3.63) is 0 Å². The summed E-state index contributed by atoms with van der Waals surface area (Å²) in [5.41, 5.74) is 5.47. The van der Waals surface area contributed by atoms with Crippen molar-refractivity contribution in [2.45, 2.75) is 77.7 Å². The molecule has 0 aromatic rings. The van der Waals surface area contributed by atoms with E-state index in [4.69, 9.17) is 5.73 Å². The quantitative estimate of drug-likeness (QED) is 0.512. The van der Waals surface area contributed by atoms with Crippen LogP contribution in [0, 0.1) is 5.92 Å². The Kier molecular flexibility index (Phi) is 12.3. The van der Waals surface area contributed by atoms with Gasteiger partial charge in [0.25, 0.3) is 0 Å². The third-order valence-corrected chi connectivity index (χ3v) is 3.42. The minimum absolute atomic E-state index is 0.729. The largest absolute Gasteiger partial charge is 0.330 e. The van der Waals surface area contributed by atoms with Gasteiger partial charge in [-0.05, 0) is 38.8 Å². The Labute approximate surface area is 109 Å². The summed E-state index contributed by atoms with van der Waals surface area (Å²) in [6.45, 7) is 5.47. The SMILES string of the molecule is CNC(CCCCCCCCCN)CC(C)C. The molecule has 1 atom stereocenters. The van der Waals surface area contributed by atoms with E-state index in [0.29, 0.717) is 0 Å². The van der Waals surface area contributed by atoms with Gasteiger partial charge in [-0.25, -0.2) is 0 Å². The summed E-state index contributed by atoms with van der Waals surface area (Å²) in [6, 6.07) is 0.729. The molecule has 104 valence electrons. The fourth-order valence-electron chi connectivity index (χ4n) is 2.37. The molecule has 17 heavy (non-hydrogen) atoms. The van der Waals surface area contributed by atoms with E-state index in [9.17, 15) is 0 Å². The Bertz CT molecular complexity index is 146. The third-order valence-electron chi connectivity index (χ3n) is 3.42. The number of rotatable bonds is 12. The molecular formula is C15H34N2. The molecule has 0 aromatic heterocycles. The monoisotopic (exact) mass is 242 g/mol. The first-order valence-corrected chi connectivity index (χ1v) is 7.58. The number of nitrogens with two attached hydrogens (primary N) is 1. The summed E-state index contributed by atoms with van der Waals surface area (Å²) in [5, 5.41) is 3.44. The van der Waals surface area contributed by atoms with Gasteiger partial charge in [0.2, 0.25) is 0 Å². The van der Waals surface area contributed by atoms with Crippen LogP contribution >= 0.6 is 0 Å². The summed E-state index contributed by atoms with van der Waals surface area (Å²) in [5.74, 6) is 0.809. The maximum absolute atomic E-state index is 5.47. The van der Waals surface area contributed by atoms with Gasteiger partial charge in [-0.15, -0.1) is 0 Å². The molecule has 0 aliphatic heterocycles. The molecule has 0 fully saturated rings. The van der Waals surface area contributed by atoms with Crippen molar-refractivity contribution < 1.29 is 0 Å². The summed E-state index contributed by atoms with van der Waals surface area (Å²) in [7, 11) is 2.10. The highest BCUT2D eigenvalue weighted by Gasteiger charge is 2.07. The fourth-order valence-corrected chi connectivity index (χ4v) is 2.37. The van der Waals surface area contributed by atoms with Crippen molar-refractivity contribution in [3.63, 3.8) is 0 Å². The van der Waals surface area contributed by atoms with Crippen molar-refractivity contribution in [1.29, 1.82) is 0 Å². The lowest BCUT2D eigenvalue weighted by molar-refractivity contribution is 0.405. The molecule has 0 saturated heterocycles. The molecule has 1 unspecified atom stereocenters. The van der Waals surface area contributed by atoms with Gasteiger partial charge >= 0.3 is 0 Å². The van der Waals surface area contributed by atoms with Crippen LogP contribution in [0.3, 0.4) is 0 Å². The van der Waals surface area contributed by atoms with E-state index in [1.54, 1.807) is 0 Å². The summed E-state index contributed by atoms with van der Waals surface area (Å²) in [6.07, 6.45) is 12.1. The normalized spacial score (nSPS) is 13.2. The van der Waals surface area contributed by atoms with Gasteiger partial charge in [-0.1, -0.05) is 52.4 Å². The maximum Gasteiger partial charge on any atom is 0.00664 e. The van der Waals surface area contributed by atoms with Crippen LogP contribution in [0.4, 0.5) is 0 Å². The number of hydrogen-bond acceptors (Lipinski definition) is 2. The minimum atomic E-state index is 0.729. The van der Waals surface area contributed by atoms with Gasteiger partial charge in [-0.2, -0.15) is 0 Å². The molecule has 0 radical (unpaired) electrons. The topological polar surface area (TPSA) is 38.0 Å². The predicted molar refractivity (Wildman–Crippen MR) is 78.3 cm³/mol. The Morgan fingerprint density at radius 1 is 0.882 bits per heavy atom. The Balaban J connectivity index is 3.25. The highest BCUT2D eigenvalue weighted by atomic mass is 14.9. The highest BCUT2D eigenvalue weighted by Crippen LogP contribution is 2.13. The van der Waals surface area contributed by atoms with Gasteiger partial charge < -0.3 is 11.1 Å². The van der Waals surface area contributed by atoms with Gasteiger partial charge in [-0.3, -0.25) is 0 Å². The molecule has 3 N–H and O–H groups in total. The predicted octanol–water partition coefficient (Wildman–Crippen LogP) is 3.70. The lowest BCUT2D eigenvalue weighted by Gasteiger charge is -2.18. The Morgan fingerprint density at radius 3 is 1.88 bits per heavy atom. The second-order valence-corrected chi connectivity index (χ2v) is 5.67. The molecule has 0 amide bonds. The smallest absolute Gasteiger partial charge is 0.00664 e. The zero-order valence-electron chi connectivity index (χ0n) is 12.3. The minimum Gasteiger partial charge on any atom is -0.330 e. The van der Waals surface area contributed by atoms with Gasteiger partial charge in [0.15, 0.2) is 0 Å². The summed E-state index contributed by atoms with van der Waals surface area (Å²) in [4.78, 5) is 0. The molecule has 2 heteroatoms. The molecule has 2 nitrogen and oxygen atoms in total. The number of unbranched alkanes of at least 4 members (excludes halogenated alkanes) is 6. The molecular weight excluding hydrogens is 208 g/mol. The maximum atomic E-state index is 5.47. The molecule has 0 heterocycles. The lowest BCUT2D eigenvalue weighted by Crippen LogP contribution is -2.26. The number of hydrogen-bond donors (Lipinski definition) is 2. The fraction of sp³-hybridized carbons (Fsp3) is 1.00. The van der Waals surface area contributed by atoms with E-state index >= 15 is 0 Å². The summed E-state index contributed by atoms with van der Waals surface area (Å²) >= 11 is 0. The van der Waals surface area contributed by atoms with Gasteiger partial charge in [0.05, 0.1) is 0 Å². The van der Waals surface area contributed by atoms with E-state index < -0.39 is 0 Å². The van der Waals surface area contributed by atoms with Crippen LogP contribution < -0.4 is 11.1 Å². The molecule has 0 saturated carbocycles. The second kappa shape index (κ2) is 12.4. The van der Waals surface area contributed by atoms with E-state index in [0.717, 1.165) is 18.5 Å². The van der Waals surface area contributed by atoms with Gasteiger partial charge in [0, 0.05) is 6.04 Å². The van der Waals surface area contributed by atoms with Crippen molar-refractivity contribution >= 4 is 0 Å². The van der Waals surface area contributed by atoms with Crippen LogP contribution in [-0.2, 0) is 0 Å². The first-order valence-electron chi connectivity index (χ1n) is 7.58. The van der Waals surface area contributed by atoms with E-state index in [-0.39, 0.29) is 0 Å². The Hall–Kier alpha value is -0.0800. The molecule has 0 rings (SSSR count). The van der Waals surface area contributed by atoms with E-state index in [1.807, 2.05) is 0 Å². The average molecular weight is 242 g/mol.